The molecular weight excluding hydrogens is 1290 g/mol. The minimum Gasteiger partial charge on any atom is -0.462 e. The van der Waals surface area contributed by atoms with E-state index in [4.69, 9.17) is 37.0 Å². The maximum atomic E-state index is 13.1. The zero-order valence-electron chi connectivity index (χ0n) is 64.5. The molecule has 0 fully saturated rings. The standard InChI is InChI=1S/C80H156O17P2/c1-5-9-13-17-21-25-29-33-35-36-37-38-39-41-43-47-51-55-59-63-67-80(85)97-76(71-91-78(83)65-61-57-53-49-46-42-40-34-30-26-22-18-14-10-6-2)73-95-99(88,89)93-69-74(81)68-92-98(86,87)94-72-75(96-79(84)66-62-58-54-50-45-32-28-24-20-16-12-8-4)70-90-77(82)64-60-56-52-48-44-31-27-23-19-15-11-7-3/h74-76,81H,5-73H2,1-4H3,(H,86,87)(H,88,89)/t74-,75+,76+/m0/s1. The number of hydrogen-bond acceptors (Lipinski definition) is 15. The third-order valence-electron chi connectivity index (χ3n) is 18.9. The van der Waals surface area contributed by atoms with Crippen molar-refractivity contribution < 1.29 is 80.2 Å². The molecule has 0 aliphatic heterocycles. The molecule has 0 spiro atoms. The van der Waals surface area contributed by atoms with E-state index in [9.17, 15) is 43.2 Å². The van der Waals surface area contributed by atoms with Crippen LogP contribution in [0.3, 0.4) is 0 Å². The number of ether oxygens (including phenoxy) is 4. The number of hydrogen-bond donors (Lipinski definition) is 3. The van der Waals surface area contributed by atoms with Gasteiger partial charge in [0.1, 0.15) is 19.3 Å². The molecule has 0 rings (SSSR count). The van der Waals surface area contributed by atoms with Crippen molar-refractivity contribution >= 4 is 39.5 Å². The fraction of sp³-hybridized carbons (Fsp3) is 0.950. The second-order valence-corrected chi connectivity index (χ2v) is 31.7. The molecule has 0 heterocycles. The van der Waals surface area contributed by atoms with E-state index in [0.29, 0.717) is 25.7 Å². The van der Waals surface area contributed by atoms with Crippen molar-refractivity contribution in [3.63, 3.8) is 0 Å². The van der Waals surface area contributed by atoms with Gasteiger partial charge in [0.05, 0.1) is 26.4 Å². The summed E-state index contributed by atoms with van der Waals surface area (Å²) < 4.78 is 68.7. The average Bonchev–Trinajstić information content (AvgIpc) is 1.07. The van der Waals surface area contributed by atoms with Crippen molar-refractivity contribution in [2.75, 3.05) is 39.6 Å². The van der Waals surface area contributed by atoms with Gasteiger partial charge in [-0.3, -0.25) is 37.3 Å². The summed E-state index contributed by atoms with van der Waals surface area (Å²) in [6, 6.07) is 0. The second-order valence-electron chi connectivity index (χ2n) is 28.8. The van der Waals surface area contributed by atoms with Crippen LogP contribution < -0.4 is 0 Å². The first-order valence-corrected chi connectivity index (χ1v) is 44.8. The predicted molar refractivity (Wildman–Crippen MR) is 405 cm³/mol. The molecule has 0 aromatic carbocycles. The maximum absolute atomic E-state index is 13.1. The van der Waals surface area contributed by atoms with Crippen LogP contribution in [0, 0.1) is 0 Å². The van der Waals surface area contributed by atoms with Gasteiger partial charge in [-0.1, -0.05) is 381 Å². The summed E-state index contributed by atoms with van der Waals surface area (Å²) in [5.41, 5.74) is 0. The summed E-state index contributed by atoms with van der Waals surface area (Å²) in [6.07, 6.45) is 66.5. The lowest BCUT2D eigenvalue weighted by molar-refractivity contribution is -0.161. The van der Waals surface area contributed by atoms with Gasteiger partial charge in [0.15, 0.2) is 12.2 Å². The van der Waals surface area contributed by atoms with Crippen LogP contribution in [-0.4, -0.2) is 96.7 Å². The van der Waals surface area contributed by atoms with Gasteiger partial charge in [-0.2, -0.15) is 0 Å². The van der Waals surface area contributed by atoms with Crippen molar-refractivity contribution in [2.24, 2.45) is 0 Å². The molecule has 0 bridgehead atoms. The second kappa shape index (κ2) is 74.3. The lowest BCUT2D eigenvalue weighted by atomic mass is 10.0. The summed E-state index contributed by atoms with van der Waals surface area (Å²) in [5.74, 6) is -2.10. The monoisotopic (exact) mass is 1450 g/mol. The van der Waals surface area contributed by atoms with Gasteiger partial charge >= 0.3 is 39.5 Å². The Morgan fingerprint density at radius 2 is 0.404 bits per heavy atom. The molecule has 5 atom stereocenters. The molecule has 3 N–H and O–H groups in total. The Balaban J connectivity index is 5.23. The molecule has 99 heavy (non-hydrogen) atoms. The highest BCUT2D eigenvalue weighted by Crippen LogP contribution is 2.45. The van der Waals surface area contributed by atoms with Gasteiger partial charge in [0.25, 0.3) is 0 Å². The molecule has 0 saturated carbocycles. The van der Waals surface area contributed by atoms with E-state index in [0.717, 1.165) is 89.9 Å². The molecule has 588 valence electrons. The van der Waals surface area contributed by atoms with Gasteiger partial charge < -0.3 is 33.8 Å². The van der Waals surface area contributed by atoms with E-state index in [1.165, 1.54) is 263 Å². The number of carbonyl (C=O) groups excluding carboxylic acids is 4. The highest BCUT2D eigenvalue weighted by Gasteiger charge is 2.30. The minimum atomic E-state index is -4.96. The minimum absolute atomic E-state index is 0.108. The topological polar surface area (TPSA) is 237 Å². The zero-order valence-corrected chi connectivity index (χ0v) is 66.3. The molecule has 17 nitrogen and oxygen atoms in total. The Hall–Kier alpha value is -1.94. The van der Waals surface area contributed by atoms with Gasteiger partial charge in [-0.05, 0) is 25.7 Å². The van der Waals surface area contributed by atoms with Crippen LogP contribution in [-0.2, 0) is 65.4 Å². The molecule has 19 heteroatoms. The number of rotatable bonds is 81. The SMILES string of the molecule is CCCCCCCCCCCCCCCCCCCCCCC(=O)O[C@H](COC(=O)CCCCCCCCCCCCCCCCC)COP(=O)(O)OC[C@@H](O)COP(=O)(O)OC[C@@H](COC(=O)CCCCCCCCCCCCCC)OC(=O)CCCCCCCCCCCCCC. The first-order valence-electron chi connectivity index (χ1n) is 41.8. The molecular formula is C80H156O17P2. The molecule has 0 aromatic heterocycles. The van der Waals surface area contributed by atoms with Crippen molar-refractivity contribution in [3.05, 3.63) is 0 Å². The predicted octanol–water partition coefficient (Wildman–Crippen LogP) is 24.2. The van der Waals surface area contributed by atoms with Crippen LogP contribution in [0.2, 0.25) is 0 Å². The number of aliphatic hydroxyl groups is 1. The smallest absolute Gasteiger partial charge is 0.462 e. The first kappa shape index (κ1) is 97.1. The van der Waals surface area contributed by atoms with Crippen molar-refractivity contribution in [1.82, 2.24) is 0 Å². The van der Waals surface area contributed by atoms with E-state index in [-0.39, 0.29) is 25.7 Å². The quantitative estimate of drug-likeness (QED) is 0.0222. The normalized spacial score (nSPS) is 13.8. The summed E-state index contributed by atoms with van der Waals surface area (Å²) in [7, 11) is -9.91. The summed E-state index contributed by atoms with van der Waals surface area (Å²) in [5, 5.41) is 10.6. The Labute approximate surface area is 607 Å². The van der Waals surface area contributed by atoms with Crippen molar-refractivity contribution in [1.29, 1.82) is 0 Å². The fourth-order valence-electron chi connectivity index (χ4n) is 12.5. The Bertz CT molecular complexity index is 1880. The Morgan fingerprint density at radius 1 is 0.242 bits per heavy atom. The van der Waals surface area contributed by atoms with Crippen LogP contribution in [0.15, 0.2) is 0 Å². The van der Waals surface area contributed by atoms with Crippen LogP contribution >= 0.6 is 15.6 Å². The summed E-state index contributed by atoms with van der Waals surface area (Å²) in [4.78, 5) is 73.0. The molecule has 0 aliphatic carbocycles. The highest BCUT2D eigenvalue weighted by molar-refractivity contribution is 7.47. The van der Waals surface area contributed by atoms with E-state index in [2.05, 4.69) is 27.7 Å². The van der Waals surface area contributed by atoms with Crippen LogP contribution in [0.25, 0.3) is 0 Å². The lowest BCUT2D eigenvalue weighted by Crippen LogP contribution is -2.30. The number of phosphoric ester groups is 2. The van der Waals surface area contributed by atoms with Crippen molar-refractivity contribution in [3.8, 4) is 0 Å². The lowest BCUT2D eigenvalue weighted by Gasteiger charge is -2.21. The average molecular weight is 1450 g/mol. The highest BCUT2D eigenvalue weighted by atomic mass is 31.2. The van der Waals surface area contributed by atoms with E-state index < -0.39 is 97.5 Å². The van der Waals surface area contributed by atoms with Crippen LogP contribution in [0.4, 0.5) is 0 Å². The molecule has 0 radical (unpaired) electrons. The van der Waals surface area contributed by atoms with Gasteiger partial charge in [-0.25, -0.2) is 9.13 Å². The van der Waals surface area contributed by atoms with Gasteiger partial charge in [0.2, 0.25) is 0 Å². The molecule has 0 aromatic rings. The number of carbonyl (C=O) groups is 4. The zero-order chi connectivity index (χ0) is 72.5. The Kier molecular flexibility index (Phi) is 72.9. The van der Waals surface area contributed by atoms with E-state index in [1.54, 1.807) is 0 Å². The number of aliphatic hydroxyl groups excluding tert-OH is 1. The molecule has 2 unspecified atom stereocenters. The summed E-state index contributed by atoms with van der Waals surface area (Å²) >= 11 is 0. The Morgan fingerprint density at radius 3 is 0.596 bits per heavy atom. The maximum Gasteiger partial charge on any atom is 0.472 e. The fourth-order valence-corrected chi connectivity index (χ4v) is 14.0. The molecule has 0 aliphatic rings. The van der Waals surface area contributed by atoms with E-state index in [1.807, 2.05) is 0 Å². The van der Waals surface area contributed by atoms with Gasteiger partial charge in [0, 0.05) is 25.7 Å². The third-order valence-corrected chi connectivity index (χ3v) is 20.8. The first-order chi connectivity index (χ1) is 48.2. The largest absolute Gasteiger partial charge is 0.472 e. The number of unbranched alkanes of at least 4 members (excludes halogenated alkanes) is 55. The third kappa shape index (κ3) is 74.1. The summed E-state index contributed by atoms with van der Waals surface area (Å²) in [6.45, 7) is 5.02. The van der Waals surface area contributed by atoms with Crippen LogP contribution in [0.5, 0.6) is 0 Å². The van der Waals surface area contributed by atoms with Gasteiger partial charge in [-0.15, -0.1) is 0 Å². The van der Waals surface area contributed by atoms with Crippen molar-refractivity contribution in [2.45, 2.75) is 451 Å². The molecule has 0 saturated heterocycles. The van der Waals surface area contributed by atoms with Crippen LogP contribution in [0.1, 0.15) is 432 Å². The number of esters is 4. The molecule has 0 amide bonds. The van der Waals surface area contributed by atoms with E-state index >= 15 is 0 Å². The number of phosphoric acid groups is 2.